The zero-order valence-corrected chi connectivity index (χ0v) is 17.7. The maximum atomic E-state index is 12.3. The van der Waals surface area contributed by atoms with Crippen molar-refractivity contribution in [2.45, 2.75) is 45.9 Å². The maximum absolute atomic E-state index is 12.3. The number of benzene rings is 1. The normalized spacial score (nSPS) is 17.9. The quantitative estimate of drug-likeness (QED) is 0.771. The Hall–Kier alpha value is -2.30. The second-order valence-corrected chi connectivity index (χ2v) is 8.11. The number of nitrogens with zero attached hydrogens (tertiary/aromatic N) is 3. The van der Waals surface area contributed by atoms with E-state index in [1.165, 1.54) is 0 Å². The first-order valence-electron chi connectivity index (χ1n) is 9.48. The van der Waals surface area contributed by atoms with Crippen molar-refractivity contribution in [1.29, 1.82) is 5.26 Å². The Morgan fingerprint density at radius 1 is 1.32 bits per heavy atom. The van der Waals surface area contributed by atoms with Gasteiger partial charge in [-0.05, 0) is 51.9 Å². The van der Waals surface area contributed by atoms with Crippen molar-refractivity contribution in [3.63, 3.8) is 0 Å². The predicted molar refractivity (Wildman–Crippen MR) is 106 cm³/mol. The van der Waals surface area contributed by atoms with Gasteiger partial charge in [0.2, 0.25) is 0 Å². The summed E-state index contributed by atoms with van der Waals surface area (Å²) in [7, 11) is 3.59. The molecule has 2 rings (SSSR count). The van der Waals surface area contributed by atoms with Gasteiger partial charge in [-0.3, -0.25) is 4.90 Å². The van der Waals surface area contributed by atoms with Gasteiger partial charge in [-0.1, -0.05) is 6.07 Å². The van der Waals surface area contributed by atoms with E-state index in [1.807, 2.05) is 40.8 Å². The van der Waals surface area contributed by atoms with Gasteiger partial charge in [0.15, 0.2) is 0 Å². The minimum atomic E-state index is -0.503. The van der Waals surface area contributed by atoms with Crippen LogP contribution in [0.15, 0.2) is 12.1 Å². The van der Waals surface area contributed by atoms with Gasteiger partial charge in [0.05, 0.1) is 31.9 Å². The number of ether oxygens (including phenoxy) is 3. The molecular formula is C21H31N3O4. The fourth-order valence-corrected chi connectivity index (χ4v) is 3.12. The third-order valence-corrected chi connectivity index (χ3v) is 4.87. The van der Waals surface area contributed by atoms with Gasteiger partial charge in [-0.25, -0.2) is 4.79 Å². The number of hydrogen-bond donors (Lipinski definition) is 0. The third-order valence-electron chi connectivity index (χ3n) is 4.87. The molecule has 1 unspecified atom stereocenters. The molecule has 0 N–H and O–H groups in total. The first-order valence-corrected chi connectivity index (χ1v) is 9.48. The number of nitriles is 1. The van der Waals surface area contributed by atoms with E-state index in [2.05, 4.69) is 11.0 Å². The number of rotatable bonds is 5. The van der Waals surface area contributed by atoms with E-state index in [4.69, 9.17) is 14.2 Å². The summed E-state index contributed by atoms with van der Waals surface area (Å²) >= 11 is 0. The van der Waals surface area contributed by atoms with Crippen LogP contribution in [0.1, 0.15) is 37.5 Å². The van der Waals surface area contributed by atoms with Gasteiger partial charge in [0, 0.05) is 19.6 Å². The third kappa shape index (κ3) is 5.60. The largest absolute Gasteiger partial charge is 0.495 e. The van der Waals surface area contributed by atoms with Crippen molar-refractivity contribution in [3.8, 4) is 11.8 Å². The molecule has 0 spiro atoms. The van der Waals surface area contributed by atoms with Gasteiger partial charge in [-0.2, -0.15) is 5.26 Å². The SMILES string of the molecule is COc1ccc(COCC2CN(C(=O)OC(C)(C)C)CCN2C)c(C)c1C#N. The monoisotopic (exact) mass is 389 g/mol. The highest BCUT2D eigenvalue weighted by Crippen LogP contribution is 2.25. The molecule has 154 valence electrons. The summed E-state index contributed by atoms with van der Waals surface area (Å²) in [5, 5.41) is 9.35. The molecule has 7 nitrogen and oxygen atoms in total. The predicted octanol–water partition coefficient (Wildman–Crippen LogP) is 2.94. The number of methoxy groups -OCH3 is 1. The van der Waals surface area contributed by atoms with E-state index < -0.39 is 5.60 Å². The van der Waals surface area contributed by atoms with Crippen LogP contribution in [0.5, 0.6) is 5.75 Å². The van der Waals surface area contributed by atoms with E-state index in [0.29, 0.717) is 37.6 Å². The summed E-state index contributed by atoms with van der Waals surface area (Å²) in [4.78, 5) is 16.3. The zero-order valence-electron chi connectivity index (χ0n) is 17.7. The van der Waals surface area contributed by atoms with E-state index in [0.717, 1.165) is 17.7 Å². The van der Waals surface area contributed by atoms with Crippen LogP contribution >= 0.6 is 0 Å². The summed E-state index contributed by atoms with van der Waals surface area (Å²) < 4.78 is 16.7. The van der Waals surface area contributed by atoms with Gasteiger partial charge in [0.25, 0.3) is 0 Å². The Balaban J connectivity index is 1.95. The maximum Gasteiger partial charge on any atom is 0.410 e. The molecule has 1 amide bonds. The van der Waals surface area contributed by atoms with Crippen molar-refractivity contribution >= 4 is 6.09 Å². The minimum Gasteiger partial charge on any atom is -0.495 e. The molecule has 7 heteroatoms. The molecule has 1 aromatic rings. The summed E-state index contributed by atoms with van der Waals surface area (Å²) in [6, 6.07) is 6.00. The van der Waals surface area contributed by atoms with Crippen LogP contribution in [0.3, 0.4) is 0 Å². The molecule has 1 aromatic carbocycles. The molecular weight excluding hydrogens is 358 g/mol. The fourth-order valence-electron chi connectivity index (χ4n) is 3.12. The average Bonchev–Trinajstić information content (AvgIpc) is 2.62. The Kier molecular flexibility index (Phi) is 7.28. The standard InChI is InChI=1S/C21H31N3O4/c1-15-16(7-8-19(26-6)18(15)11-22)13-27-14-17-12-24(10-9-23(17)5)20(25)28-21(2,3)4/h7-8,17H,9-10,12-14H2,1-6H3. The molecule has 1 aliphatic rings. The topological polar surface area (TPSA) is 75.0 Å². The molecule has 0 saturated carbocycles. The highest BCUT2D eigenvalue weighted by atomic mass is 16.6. The zero-order chi connectivity index (χ0) is 20.9. The first-order chi connectivity index (χ1) is 13.2. The minimum absolute atomic E-state index is 0.0928. The summed E-state index contributed by atoms with van der Waals surface area (Å²) in [5.74, 6) is 0.573. The molecule has 0 bridgehead atoms. The molecule has 0 aliphatic carbocycles. The molecule has 1 heterocycles. The van der Waals surface area contributed by atoms with Crippen molar-refractivity contribution in [3.05, 3.63) is 28.8 Å². The number of piperazine rings is 1. The van der Waals surface area contributed by atoms with Crippen LogP contribution in [0.4, 0.5) is 4.79 Å². The lowest BCUT2D eigenvalue weighted by molar-refractivity contribution is -0.0104. The highest BCUT2D eigenvalue weighted by Gasteiger charge is 2.30. The second kappa shape index (κ2) is 9.26. The Morgan fingerprint density at radius 3 is 2.64 bits per heavy atom. The Labute approximate surface area is 167 Å². The Morgan fingerprint density at radius 2 is 2.04 bits per heavy atom. The Bertz CT molecular complexity index is 736. The fraction of sp³-hybridized carbons (Fsp3) is 0.619. The van der Waals surface area contributed by atoms with E-state index in [-0.39, 0.29) is 12.1 Å². The lowest BCUT2D eigenvalue weighted by Gasteiger charge is -2.39. The molecule has 1 saturated heterocycles. The van der Waals surface area contributed by atoms with E-state index in [1.54, 1.807) is 18.1 Å². The van der Waals surface area contributed by atoms with E-state index >= 15 is 0 Å². The first kappa shape index (κ1) is 22.0. The average molecular weight is 389 g/mol. The summed E-state index contributed by atoms with van der Waals surface area (Å²) in [5.41, 5.74) is 1.86. The van der Waals surface area contributed by atoms with E-state index in [9.17, 15) is 10.1 Å². The second-order valence-electron chi connectivity index (χ2n) is 8.11. The van der Waals surface area contributed by atoms with Gasteiger partial charge in [0.1, 0.15) is 17.4 Å². The molecule has 28 heavy (non-hydrogen) atoms. The molecule has 1 fully saturated rings. The van der Waals surface area contributed by atoms with Crippen LogP contribution in [-0.2, 0) is 16.1 Å². The van der Waals surface area contributed by atoms with Gasteiger partial charge >= 0.3 is 6.09 Å². The molecule has 1 atom stereocenters. The van der Waals surface area contributed by atoms with Crippen LogP contribution in [0.25, 0.3) is 0 Å². The van der Waals surface area contributed by atoms with Gasteiger partial charge in [-0.15, -0.1) is 0 Å². The molecule has 0 radical (unpaired) electrons. The van der Waals surface area contributed by atoms with Crippen molar-refractivity contribution in [2.24, 2.45) is 0 Å². The summed E-state index contributed by atoms with van der Waals surface area (Å²) in [6.07, 6.45) is -0.282. The molecule has 1 aliphatic heterocycles. The number of hydrogen-bond acceptors (Lipinski definition) is 6. The number of carbonyl (C=O) groups excluding carboxylic acids is 1. The molecule has 0 aromatic heterocycles. The number of amides is 1. The highest BCUT2D eigenvalue weighted by molar-refractivity contribution is 5.68. The lowest BCUT2D eigenvalue weighted by Crippen LogP contribution is -2.55. The number of likely N-dealkylation sites (N-methyl/N-ethyl adjacent to an activating group) is 1. The van der Waals surface area contributed by atoms with Crippen molar-refractivity contribution in [2.75, 3.05) is 40.4 Å². The van der Waals surface area contributed by atoms with Crippen molar-refractivity contribution in [1.82, 2.24) is 9.80 Å². The van der Waals surface area contributed by atoms with Crippen LogP contribution < -0.4 is 4.74 Å². The summed E-state index contributed by atoms with van der Waals surface area (Å²) in [6.45, 7) is 10.4. The van der Waals surface area contributed by atoms with Crippen LogP contribution in [0, 0.1) is 18.3 Å². The number of carbonyl (C=O) groups is 1. The smallest absolute Gasteiger partial charge is 0.410 e. The van der Waals surface area contributed by atoms with Crippen LogP contribution in [0.2, 0.25) is 0 Å². The van der Waals surface area contributed by atoms with Crippen molar-refractivity contribution < 1.29 is 19.0 Å². The lowest BCUT2D eigenvalue weighted by atomic mass is 10.0. The van der Waals surface area contributed by atoms with Crippen LogP contribution in [-0.4, -0.2) is 67.9 Å². The van der Waals surface area contributed by atoms with Gasteiger partial charge < -0.3 is 19.1 Å².